The van der Waals surface area contributed by atoms with Gasteiger partial charge in [-0.25, -0.2) is 18.2 Å². The van der Waals surface area contributed by atoms with Crippen molar-refractivity contribution < 1.29 is 13.2 Å². The lowest BCUT2D eigenvalue weighted by Gasteiger charge is -2.42. The summed E-state index contributed by atoms with van der Waals surface area (Å²) in [5, 5.41) is 0.833. The molecule has 0 bridgehead atoms. The van der Waals surface area contributed by atoms with E-state index in [0.29, 0.717) is 19.4 Å². The minimum atomic E-state index is -2.95. The third-order valence-electron chi connectivity index (χ3n) is 7.56. The fourth-order valence-corrected chi connectivity index (χ4v) is 6.37. The number of anilines is 1. The summed E-state index contributed by atoms with van der Waals surface area (Å²) in [7, 11) is -1.14. The standard InChI is InChI=1S/C27H35N5O3S/c1-27(2,3)32-17-22-21-14-23(29-25(21)28-15-24(22)30(4)26(32)33)19-8-6-18(7-9-19)16-31-12-10-20(11-13-31)36(5,34)35/h6-9,14-15,20H,10-13,16-17H2,1-5H3,(H,28,29). The van der Waals surface area contributed by atoms with Crippen molar-refractivity contribution in [3.05, 3.63) is 47.7 Å². The molecule has 1 aromatic carbocycles. The van der Waals surface area contributed by atoms with E-state index in [0.717, 1.165) is 53.2 Å². The van der Waals surface area contributed by atoms with Gasteiger partial charge in [-0.05, 0) is 63.9 Å². The Balaban J connectivity index is 1.35. The highest BCUT2D eigenvalue weighted by Gasteiger charge is 2.36. The molecule has 2 aliphatic rings. The number of carbonyl (C=O) groups excluding carboxylic acids is 1. The molecule has 5 rings (SSSR count). The summed E-state index contributed by atoms with van der Waals surface area (Å²) < 4.78 is 23.6. The number of hydrogen-bond donors (Lipinski definition) is 1. The van der Waals surface area contributed by atoms with Crippen molar-refractivity contribution in [3.63, 3.8) is 0 Å². The van der Waals surface area contributed by atoms with E-state index in [-0.39, 0.29) is 16.8 Å². The number of nitrogens with one attached hydrogen (secondary N) is 1. The largest absolute Gasteiger partial charge is 0.339 e. The number of piperidine rings is 1. The molecule has 8 nitrogen and oxygen atoms in total. The number of benzene rings is 1. The van der Waals surface area contributed by atoms with Crippen LogP contribution >= 0.6 is 0 Å². The molecule has 1 saturated heterocycles. The number of urea groups is 1. The second kappa shape index (κ2) is 8.88. The van der Waals surface area contributed by atoms with E-state index in [1.807, 2.05) is 11.9 Å². The van der Waals surface area contributed by atoms with Crippen molar-refractivity contribution in [2.24, 2.45) is 0 Å². The van der Waals surface area contributed by atoms with Gasteiger partial charge in [0.25, 0.3) is 0 Å². The normalized spacial score (nSPS) is 18.2. The number of pyridine rings is 1. The number of rotatable bonds is 4. The Morgan fingerprint density at radius 2 is 1.78 bits per heavy atom. The lowest BCUT2D eigenvalue weighted by Crippen LogP contribution is -2.53. The number of hydrogen-bond acceptors (Lipinski definition) is 5. The summed E-state index contributed by atoms with van der Waals surface area (Å²) in [5.41, 5.74) is 5.78. The van der Waals surface area contributed by atoms with E-state index < -0.39 is 9.84 Å². The van der Waals surface area contributed by atoms with Gasteiger partial charge in [0.15, 0.2) is 0 Å². The van der Waals surface area contributed by atoms with E-state index in [9.17, 15) is 13.2 Å². The highest BCUT2D eigenvalue weighted by Crippen LogP contribution is 2.37. The molecule has 4 heterocycles. The smallest absolute Gasteiger partial charge is 0.325 e. The first-order valence-corrected chi connectivity index (χ1v) is 14.4. The van der Waals surface area contributed by atoms with Crippen LogP contribution in [0.25, 0.3) is 22.3 Å². The molecule has 9 heteroatoms. The number of H-pyrrole nitrogens is 1. The fourth-order valence-electron chi connectivity index (χ4n) is 5.31. The van der Waals surface area contributed by atoms with Gasteiger partial charge in [-0.2, -0.15) is 0 Å². The van der Waals surface area contributed by atoms with Gasteiger partial charge in [0, 0.05) is 42.0 Å². The van der Waals surface area contributed by atoms with Gasteiger partial charge in [0.2, 0.25) is 0 Å². The molecule has 0 radical (unpaired) electrons. The Bertz CT molecular complexity index is 1400. The Morgan fingerprint density at radius 3 is 2.39 bits per heavy atom. The van der Waals surface area contributed by atoms with Gasteiger partial charge >= 0.3 is 6.03 Å². The van der Waals surface area contributed by atoms with Crippen molar-refractivity contribution in [2.45, 2.75) is 57.5 Å². The second-order valence-electron chi connectivity index (χ2n) is 11.2. The van der Waals surface area contributed by atoms with E-state index in [1.165, 1.54) is 11.8 Å². The van der Waals surface area contributed by atoms with Crippen LogP contribution in [0.2, 0.25) is 0 Å². The van der Waals surface area contributed by atoms with E-state index in [2.05, 4.69) is 66.0 Å². The molecule has 1 N–H and O–H groups in total. The predicted molar refractivity (Wildman–Crippen MR) is 144 cm³/mol. The fraction of sp³-hybridized carbons (Fsp3) is 0.481. The molecule has 2 aromatic heterocycles. The minimum Gasteiger partial charge on any atom is -0.339 e. The molecule has 2 aliphatic heterocycles. The highest BCUT2D eigenvalue weighted by molar-refractivity contribution is 7.91. The van der Waals surface area contributed by atoms with Gasteiger partial charge in [0.1, 0.15) is 15.5 Å². The van der Waals surface area contributed by atoms with E-state index >= 15 is 0 Å². The summed E-state index contributed by atoms with van der Waals surface area (Å²) in [6, 6.07) is 10.6. The lowest BCUT2D eigenvalue weighted by molar-refractivity contribution is 0.143. The van der Waals surface area contributed by atoms with Crippen molar-refractivity contribution >= 4 is 32.6 Å². The maximum Gasteiger partial charge on any atom is 0.325 e. The molecular weight excluding hydrogens is 474 g/mol. The first-order chi connectivity index (χ1) is 16.9. The van der Waals surface area contributed by atoms with Gasteiger partial charge < -0.3 is 9.88 Å². The van der Waals surface area contributed by atoms with Crippen LogP contribution in [0.1, 0.15) is 44.7 Å². The summed E-state index contributed by atoms with van der Waals surface area (Å²) >= 11 is 0. The molecule has 2 amide bonds. The lowest BCUT2D eigenvalue weighted by atomic mass is 10.0. The Morgan fingerprint density at radius 1 is 1.11 bits per heavy atom. The van der Waals surface area contributed by atoms with Crippen LogP contribution in [0, 0.1) is 0 Å². The zero-order valence-electron chi connectivity index (χ0n) is 21.7. The predicted octanol–water partition coefficient (Wildman–Crippen LogP) is 4.41. The molecular formula is C27H35N5O3S. The van der Waals surface area contributed by atoms with Crippen LogP contribution in [-0.4, -0.2) is 71.4 Å². The average Bonchev–Trinajstić information content (AvgIpc) is 3.25. The van der Waals surface area contributed by atoms with Crippen molar-refractivity contribution in [2.75, 3.05) is 31.3 Å². The van der Waals surface area contributed by atoms with Crippen LogP contribution in [0.4, 0.5) is 10.5 Å². The molecule has 0 aliphatic carbocycles. The van der Waals surface area contributed by atoms with Crippen LogP contribution in [0.15, 0.2) is 36.5 Å². The van der Waals surface area contributed by atoms with Crippen LogP contribution in [0.3, 0.4) is 0 Å². The number of amides is 2. The van der Waals surface area contributed by atoms with Crippen molar-refractivity contribution in [3.8, 4) is 11.3 Å². The Kier molecular flexibility index (Phi) is 6.11. The van der Waals surface area contributed by atoms with Crippen LogP contribution in [-0.2, 0) is 22.9 Å². The average molecular weight is 510 g/mol. The molecule has 0 unspecified atom stereocenters. The third kappa shape index (κ3) is 4.62. The molecule has 192 valence electrons. The Hall–Kier alpha value is -2.91. The third-order valence-corrected chi connectivity index (χ3v) is 9.25. The summed E-state index contributed by atoms with van der Waals surface area (Å²) in [5.74, 6) is 0. The minimum absolute atomic E-state index is 0.0111. The first kappa shape index (κ1) is 24.8. The molecule has 0 spiro atoms. The zero-order chi connectivity index (χ0) is 25.8. The summed E-state index contributed by atoms with van der Waals surface area (Å²) in [4.78, 5) is 26.9. The number of carbonyl (C=O) groups is 1. The number of fused-ring (bicyclic) bond motifs is 3. The molecule has 1 fully saturated rings. The number of sulfone groups is 1. The molecule has 36 heavy (non-hydrogen) atoms. The van der Waals surface area contributed by atoms with E-state index in [1.54, 1.807) is 11.1 Å². The first-order valence-electron chi connectivity index (χ1n) is 12.5. The zero-order valence-corrected chi connectivity index (χ0v) is 22.5. The van der Waals surface area contributed by atoms with Crippen molar-refractivity contribution in [1.82, 2.24) is 19.8 Å². The summed E-state index contributed by atoms with van der Waals surface area (Å²) in [6.45, 7) is 9.15. The van der Waals surface area contributed by atoms with Crippen LogP contribution < -0.4 is 4.90 Å². The quantitative estimate of drug-likeness (QED) is 0.563. The Labute approximate surface area is 213 Å². The maximum absolute atomic E-state index is 12.9. The second-order valence-corrected chi connectivity index (χ2v) is 13.5. The highest BCUT2D eigenvalue weighted by atomic mass is 32.2. The number of aromatic nitrogens is 2. The number of likely N-dealkylation sites (tertiary alicyclic amines) is 1. The number of nitrogens with zero attached hydrogens (tertiary/aromatic N) is 4. The molecule has 3 aromatic rings. The van der Waals surface area contributed by atoms with Gasteiger partial charge in [-0.1, -0.05) is 24.3 Å². The van der Waals surface area contributed by atoms with Gasteiger partial charge in [-0.15, -0.1) is 0 Å². The van der Waals surface area contributed by atoms with Gasteiger partial charge in [-0.3, -0.25) is 9.80 Å². The van der Waals surface area contributed by atoms with Crippen molar-refractivity contribution in [1.29, 1.82) is 0 Å². The van der Waals surface area contributed by atoms with E-state index in [4.69, 9.17) is 0 Å². The monoisotopic (exact) mass is 509 g/mol. The number of aromatic amines is 1. The van der Waals surface area contributed by atoms with Gasteiger partial charge in [0.05, 0.1) is 23.7 Å². The molecule has 0 saturated carbocycles. The SMILES string of the molecule is CN1C(=O)N(C(C)(C)C)Cc2c1cnc1[nH]c(-c3ccc(CN4CCC(S(C)(=O)=O)CC4)cc3)cc21. The molecule has 0 atom stereocenters. The summed E-state index contributed by atoms with van der Waals surface area (Å²) in [6.07, 6.45) is 4.54. The maximum atomic E-state index is 12.9. The van der Waals surface area contributed by atoms with Crippen LogP contribution in [0.5, 0.6) is 0 Å². The topological polar surface area (TPSA) is 89.6 Å².